The molecule has 1 aliphatic carbocycles. The zero-order valence-electron chi connectivity index (χ0n) is 11.3. The Hall–Kier alpha value is -1.15. The van der Waals surface area contributed by atoms with Crippen molar-refractivity contribution in [3.05, 3.63) is 29.5 Å². The number of carbonyl (C=O) groups is 1. The maximum atomic E-state index is 11.7. The zero-order chi connectivity index (χ0) is 13.2. The molecule has 3 heteroatoms. The van der Waals surface area contributed by atoms with Crippen LogP contribution >= 0.6 is 0 Å². The zero-order valence-corrected chi connectivity index (χ0v) is 11.3. The van der Waals surface area contributed by atoms with Crippen molar-refractivity contribution in [2.45, 2.75) is 45.1 Å². The number of carbonyl (C=O) groups excluding carboxylic acids is 1. The van der Waals surface area contributed by atoms with E-state index >= 15 is 0 Å². The summed E-state index contributed by atoms with van der Waals surface area (Å²) in [6.45, 7) is 2.11. The van der Waals surface area contributed by atoms with Crippen LogP contribution in [0.4, 0.5) is 0 Å². The van der Waals surface area contributed by atoms with Crippen LogP contribution in [0.25, 0.3) is 0 Å². The molecule has 0 amide bonds. The molecule has 0 aromatic heterocycles. The van der Waals surface area contributed by atoms with E-state index in [1.807, 2.05) is 13.0 Å². The Labute approximate surface area is 109 Å². The van der Waals surface area contributed by atoms with Crippen LogP contribution in [-0.4, -0.2) is 25.8 Å². The minimum atomic E-state index is -0.000205. The van der Waals surface area contributed by atoms with E-state index in [1.54, 1.807) is 7.11 Å². The minimum absolute atomic E-state index is 0.000205. The van der Waals surface area contributed by atoms with Crippen molar-refractivity contribution < 1.29 is 14.3 Å². The smallest absolute Gasteiger partial charge is 0.166 e. The SMILES string of the molecule is COCOC1/C=C\CCCCC(=O)C(C)=C=CC1. The van der Waals surface area contributed by atoms with E-state index in [0.717, 1.165) is 19.3 Å². The molecule has 0 saturated heterocycles. The van der Waals surface area contributed by atoms with Gasteiger partial charge in [0.1, 0.15) is 6.79 Å². The lowest BCUT2D eigenvalue weighted by molar-refractivity contribution is -0.115. The molecule has 100 valence electrons. The van der Waals surface area contributed by atoms with E-state index in [9.17, 15) is 4.79 Å². The molecule has 0 aromatic carbocycles. The average molecular weight is 250 g/mol. The van der Waals surface area contributed by atoms with Gasteiger partial charge in [-0.2, -0.15) is 0 Å². The number of rotatable bonds is 3. The summed E-state index contributed by atoms with van der Waals surface area (Å²) in [7, 11) is 1.61. The quantitative estimate of drug-likeness (QED) is 0.438. The minimum Gasteiger partial charge on any atom is -0.359 e. The average Bonchev–Trinajstić information content (AvgIpc) is 2.37. The molecule has 0 spiro atoms. The summed E-state index contributed by atoms with van der Waals surface area (Å²) >= 11 is 0. The number of hydrogen-bond donors (Lipinski definition) is 0. The number of ketones is 1. The second-order valence-electron chi connectivity index (χ2n) is 4.42. The Morgan fingerprint density at radius 1 is 1.44 bits per heavy atom. The standard InChI is InChI=1S/C15H22O3/c1-13-8-7-10-14(18-12-17-2)9-5-3-4-6-11-15(13)16/h5,7,9,14H,3-4,6,10-12H2,1-2H3/b9-5-. The van der Waals surface area contributed by atoms with Gasteiger partial charge in [-0.05, 0) is 32.3 Å². The first-order chi connectivity index (χ1) is 8.74. The summed E-state index contributed by atoms with van der Waals surface area (Å²) in [4.78, 5) is 11.7. The molecule has 0 fully saturated rings. The van der Waals surface area contributed by atoms with E-state index in [1.165, 1.54) is 0 Å². The van der Waals surface area contributed by atoms with Crippen LogP contribution in [0, 0.1) is 0 Å². The molecule has 0 aliphatic heterocycles. The highest BCUT2D eigenvalue weighted by Gasteiger charge is 2.05. The van der Waals surface area contributed by atoms with E-state index < -0.39 is 0 Å². The van der Waals surface area contributed by atoms with Crippen LogP contribution in [0.1, 0.15) is 39.0 Å². The number of hydrogen-bond acceptors (Lipinski definition) is 3. The third kappa shape index (κ3) is 5.97. The van der Waals surface area contributed by atoms with Crippen LogP contribution in [0.2, 0.25) is 0 Å². The first kappa shape index (κ1) is 14.9. The number of Topliss-reactive ketones (excluding diaryl/α,β-unsaturated/α-hetero) is 1. The summed E-state index contributed by atoms with van der Waals surface area (Å²) in [5, 5.41) is 0. The van der Waals surface area contributed by atoms with Gasteiger partial charge in [-0.1, -0.05) is 12.2 Å². The summed E-state index contributed by atoms with van der Waals surface area (Å²) < 4.78 is 10.4. The highest BCUT2D eigenvalue weighted by molar-refractivity contribution is 5.94. The lowest BCUT2D eigenvalue weighted by Gasteiger charge is -2.11. The highest BCUT2D eigenvalue weighted by atomic mass is 16.7. The van der Waals surface area contributed by atoms with Gasteiger partial charge in [0.25, 0.3) is 0 Å². The Bertz CT molecular complexity index is 349. The largest absolute Gasteiger partial charge is 0.359 e. The summed E-state index contributed by atoms with van der Waals surface area (Å²) in [5.41, 5.74) is 3.76. The third-order valence-corrected chi connectivity index (χ3v) is 2.86. The second kappa shape index (κ2) is 8.87. The monoisotopic (exact) mass is 250 g/mol. The lowest BCUT2D eigenvalue weighted by atomic mass is 10.0. The molecule has 1 rings (SSSR count). The first-order valence-corrected chi connectivity index (χ1v) is 6.46. The maximum absolute atomic E-state index is 11.7. The van der Waals surface area contributed by atoms with Crippen molar-refractivity contribution in [3.63, 3.8) is 0 Å². The fourth-order valence-corrected chi connectivity index (χ4v) is 1.75. The summed E-state index contributed by atoms with van der Waals surface area (Å²) in [6, 6.07) is 0. The van der Waals surface area contributed by atoms with Crippen LogP contribution in [0.5, 0.6) is 0 Å². The molecule has 1 aliphatic rings. The van der Waals surface area contributed by atoms with Crippen LogP contribution in [0.15, 0.2) is 29.5 Å². The van der Waals surface area contributed by atoms with E-state index in [0.29, 0.717) is 18.4 Å². The van der Waals surface area contributed by atoms with Crippen LogP contribution in [-0.2, 0) is 14.3 Å². The molecule has 0 N–H and O–H groups in total. The number of ether oxygens (including phenoxy) is 2. The van der Waals surface area contributed by atoms with Gasteiger partial charge in [0.15, 0.2) is 5.78 Å². The highest BCUT2D eigenvalue weighted by Crippen LogP contribution is 2.10. The van der Waals surface area contributed by atoms with E-state index in [4.69, 9.17) is 9.47 Å². The summed E-state index contributed by atoms with van der Waals surface area (Å²) in [5.74, 6) is 0.199. The van der Waals surface area contributed by atoms with Crippen LogP contribution in [0.3, 0.4) is 0 Å². The van der Waals surface area contributed by atoms with E-state index in [-0.39, 0.29) is 18.7 Å². The molecule has 3 nitrogen and oxygen atoms in total. The second-order valence-corrected chi connectivity index (χ2v) is 4.42. The topological polar surface area (TPSA) is 35.5 Å². The fourth-order valence-electron chi connectivity index (χ4n) is 1.75. The predicted octanol–water partition coefficient (Wildman–Crippen LogP) is 3.17. The van der Waals surface area contributed by atoms with E-state index in [2.05, 4.69) is 17.9 Å². The van der Waals surface area contributed by atoms with Crippen molar-refractivity contribution in [1.29, 1.82) is 0 Å². The van der Waals surface area contributed by atoms with Crippen molar-refractivity contribution >= 4 is 5.78 Å². The van der Waals surface area contributed by atoms with Gasteiger partial charge in [-0.15, -0.1) is 5.73 Å². The third-order valence-electron chi connectivity index (χ3n) is 2.86. The van der Waals surface area contributed by atoms with Crippen molar-refractivity contribution in [2.24, 2.45) is 0 Å². The van der Waals surface area contributed by atoms with Crippen molar-refractivity contribution in [3.8, 4) is 0 Å². The Morgan fingerprint density at radius 3 is 3.06 bits per heavy atom. The van der Waals surface area contributed by atoms with Gasteiger partial charge in [-0.25, -0.2) is 0 Å². The Kier molecular flexibility index (Phi) is 7.35. The molecule has 1 atom stereocenters. The summed E-state index contributed by atoms with van der Waals surface area (Å²) in [6.07, 6.45) is 10.4. The van der Waals surface area contributed by atoms with Gasteiger partial charge in [-0.3, -0.25) is 4.79 Å². The molecular weight excluding hydrogens is 228 g/mol. The van der Waals surface area contributed by atoms with Gasteiger partial charge in [0, 0.05) is 25.5 Å². The molecule has 0 heterocycles. The van der Waals surface area contributed by atoms with Crippen molar-refractivity contribution in [1.82, 2.24) is 0 Å². The lowest BCUT2D eigenvalue weighted by Crippen LogP contribution is -2.11. The molecule has 0 aromatic rings. The van der Waals surface area contributed by atoms with Gasteiger partial charge < -0.3 is 9.47 Å². The van der Waals surface area contributed by atoms with Crippen molar-refractivity contribution in [2.75, 3.05) is 13.9 Å². The van der Waals surface area contributed by atoms with Gasteiger partial charge in [0.2, 0.25) is 0 Å². The van der Waals surface area contributed by atoms with Gasteiger partial charge >= 0.3 is 0 Å². The number of methoxy groups -OCH3 is 1. The normalized spacial score (nSPS) is 24.0. The molecule has 1 unspecified atom stereocenters. The van der Waals surface area contributed by atoms with Gasteiger partial charge in [0.05, 0.1) is 6.10 Å². The first-order valence-electron chi connectivity index (χ1n) is 6.46. The molecule has 18 heavy (non-hydrogen) atoms. The predicted molar refractivity (Wildman–Crippen MR) is 71.3 cm³/mol. The fraction of sp³-hybridized carbons (Fsp3) is 0.600. The van der Waals surface area contributed by atoms with Crippen LogP contribution < -0.4 is 0 Å². The number of allylic oxidation sites excluding steroid dienone is 1. The molecule has 0 bridgehead atoms. The Morgan fingerprint density at radius 2 is 2.28 bits per heavy atom. The molecule has 0 saturated carbocycles. The maximum Gasteiger partial charge on any atom is 0.166 e. The molecule has 0 radical (unpaired) electrons. The Balaban J connectivity index is 2.69. The molecular formula is C15H22O3.